The number of ether oxygens (including phenoxy) is 1. The summed E-state index contributed by atoms with van der Waals surface area (Å²) in [5.41, 5.74) is 1.49. The SMILES string of the molecule is Cc1cc(CNCCCN(C(=O)OC(C)(C)C)C(=O)C2CCCCC2)n(C)n1. The van der Waals surface area contributed by atoms with E-state index in [0.29, 0.717) is 26.1 Å². The molecule has 1 aliphatic rings. The van der Waals surface area contributed by atoms with Crippen LogP contribution >= 0.6 is 0 Å². The smallest absolute Gasteiger partial charge is 0.417 e. The number of amides is 2. The van der Waals surface area contributed by atoms with Crippen molar-refractivity contribution in [1.29, 1.82) is 0 Å². The molecule has 0 unspecified atom stereocenters. The van der Waals surface area contributed by atoms with Crippen molar-refractivity contribution >= 4 is 12.0 Å². The fourth-order valence-electron chi connectivity index (χ4n) is 3.59. The Morgan fingerprint density at radius 2 is 1.96 bits per heavy atom. The summed E-state index contributed by atoms with van der Waals surface area (Å²) in [5.74, 6) is -0.122. The summed E-state index contributed by atoms with van der Waals surface area (Å²) in [4.78, 5) is 26.9. The molecule has 0 bridgehead atoms. The van der Waals surface area contributed by atoms with Crippen LogP contribution in [0.15, 0.2) is 6.07 Å². The molecule has 1 fully saturated rings. The average molecular weight is 393 g/mol. The Morgan fingerprint density at radius 3 is 2.54 bits per heavy atom. The van der Waals surface area contributed by atoms with Gasteiger partial charge in [0.1, 0.15) is 5.60 Å². The molecular formula is C21H36N4O3. The maximum Gasteiger partial charge on any atom is 0.417 e. The van der Waals surface area contributed by atoms with Crippen LogP contribution in [0.4, 0.5) is 4.79 Å². The molecule has 0 atom stereocenters. The third-order valence-corrected chi connectivity index (χ3v) is 4.97. The number of aryl methyl sites for hydroxylation is 2. The maximum atomic E-state index is 13.0. The molecule has 2 rings (SSSR count). The van der Waals surface area contributed by atoms with Crippen molar-refractivity contribution in [3.63, 3.8) is 0 Å². The molecule has 7 heteroatoms. The van der Waals surface area contributed by atoms with Crippen molar-refractivity contribution in [2.75, 3.05) is 13.1 Å². The molecular weight excluding hydrogens is 356 g/mol. The summed E-state index contributed by atoms with van der Waals surface area (Å²) in [6.45, 7) is 9.24. The Labute approximate surface area is 168 Å². The van der Waals surface area contributed by atoms with Crippen LogP contribution in [-0.2, 0) is 23.1 Å². The lowest BCUT2D eigenvalue weighted by atomic mass is 9.88. The standard InChI is InChI=1S/C21H36N4O3/c1-16-14-18(24(5)23-16)15-22-12-9-13-25(20(27)28-21(2,3)4)19(26)17-10-7-6-8-11-17/h14,17,22H,6-13,15H2,1-5H3. The van der Waals surface area contributed by atoms with E-state index in [-0.39, 0.29) is 11.8 Å². The van der Waals surface area contributed by atoms with Crippen molar-refractivity contribution in [3.8, 4) is 0 Å². The third-order valence-electron chi connectivity index (χ3n) is 4.97. The summed E-state index contributed by atoms with van der Waals surface area (Å²) >= 11 is 0. The molecule has 1 heterocycles. The van der Waals surface area contributed by atoms with Gasteiger partial charge in [-0.1, -0.05) is 19.3 Å². The molecule has 1 N–H and O–H groups in total. The lowest BCUT2D eigenvalue weighted by molar-refractivity contribution is -0.135. The van der Waals surface area contributed by atoms with Crippen LogP contribution in [0.25, 0.3) is 0 Å². The third kappa shape index (κ3) is 6.93. The number of aromatic nitrogens is 2. The van der Waals surface area contributed by atoms with Gasteiger partial charge in [0.2, 0.25) is 5.91 Å². The lowest BCUT2D eigenvalue weighted by Gasteiger charge is -2.30. The van der Waals surface area contributed by atoms with Crippen LogP contribution in [0, 0.1) is 12.8 Å². The van der Waals surface area contributed by atoms with Gasteiger partial charge in [0.25, 0.3) is 0 Å². The van der Waals surface area contributed by atoms with E-state index in [1.807, 2.05) is 45.5 Å². The molecule has 7 nitrogen and oxygen atoms in total. The van der Waals surface area contributed by atoms with E-state index < -0.39 is 11.7 Å². The van der Waals surface area contributed by atoms with Crippen molar-refractivity contribution in [2.24, 2.45) is 13.0 Å². The van der Waals surface area contributed by atoms with Crippen molar-refractivity contribution in [2.45, 2.75) is 78.4 Å². The molecule has 28 heavy (non-hydrogen) atoms. The van der Waals surface area contributed by atoms with E-state index in [1.54, 1.807) is 0 Å². The Kier molecular flexibility index (Phi) is 8.04. The highest BCUT2D eigenvalue weighted by molar-refractivity contribution is 5.93. The number of nitrogens with zero attached hydrogens (tertiary/aromatic N) is 3. The first-order valence-electron chi connectivity index (χ1n) is 10.4. The summed E-state index contributed by atoms with van der Waals surface area (Å²) in [6, 6.07) is 2.05. The molecule has 0 aliphatic heterocycles. The second-order valence-corrected chi connectivity index (χ2v) is 8.74. The minimum atomic E-state index is -0.613. The van der Waals surface area contributed by atoms with Crippen LogP contribution < -0.4 is 5.32 Å². The second-order valence-electron chi connectivity index (χ2n) is 8.74. The first-order chi connectivity index (χ1) is 13.2. The maximum absolute atomic E-state index is 13.0. The highest BCUT2D eigenvalue weighted by Gasteiger charge is 2.32. The largest absolute Gasteiger partial charge is 0.443 e. The zero-order chi connectivity index (χ0) is 20.7. The summed E-state index contributed by atoms with van der Waals surface area (Å²) in [7, 11) is 1.93. The number of nitrogens with one attached hydrogen (secondary N) is 1. The number of rotatable bonds is 7. The summed E-state index contributed by atoms with van der Waals surface area (Å²) in [6.07, 6.45) is 5.20. The van der Waals surface area contributed by atoms with E-state index >= 15 is 0 Å². The minimum absolute atomic E-state index is 0.0494. The Balaban J connectivity index is 1.88. The summed E-state index contributed by atoms with van der Waals surface area (Å²) in [5, 5.41) is 7.70. The van der Waals surface area contributed by atoms with Gasteiger partial charge >= 0.3 is 6.09 Å². The Morgan fingerprint density at radius 1 is 1.29 bits per heavy atom. The number of hydrogen-bond acceptors (Lipinski definition) is 5. The van der Waals surface area contributed by atoms with Crippen molar-refractivity contribution in [3.05, 3.63) is 17.5 Å². The van der Waals surface area contributed by atoms with E-state index in [1.165, 1.54) is 11.3 Å². The normalized spacial score (nSPS) is 15.5. The predicted molar refractivity (Wildman–Crippen MR) is 109 cm³/mol. The van der Waals surface area contributed by atoms with Gasteiger partial charge < -0.3 is 10.1 Å². The lowest BCUT2D eigenvalue weighted by Crippen LogP contribution is -2.45. The van der Waals surface area contributed by atoms with E-state index in [2.05, 4.69) is 10.4 Å². The van der Waals surface area contributed by atoms with Gasteiger partial charge in [0.05, 0.1) is 11.4 Å². The fourth-order valence-corrected chi connectivity index (χ4v) is 3.59. The van der Waals surface area contributed by atoms with Gasteiger partial charge in [-0.2, -0.15) is 5.10 Å². The molecule has 0 spiro atoms. The first-order valence-corrected chi connectivity index (χ1v) is 10.4. The van der Waals surface area contributed by atoms with Crippen molar-refractivity contribution < 1.29 is 14.3 Å². The molecule has 1 aromatic rings. The second kappa shape index (κ2) is 10.0. The van der Waals surface area contributed by atoms with Gasteiger partial charge in [0, 0.05) is 26.1 Å². The van der Waals surface area contributed by atoms with Gasteiger partial charge in [-0.25, -0.2) is 9.69 Å². The average Bonchev–Trinajstić information content (AvgIpc) is 2.94. The zero-order valence-corrected chi connectivity index (χ0v) is 18.1. The fraction of sp³-hybridized carbons (Fsp3) is 0.762. The Bertz CT molecular complexity index is 657. The molecule has 0 radical (unpaired) electrons. The van der Waals surface area contributed by atoms with Crippen LogP contribution in [0.1, 0.15) is 70.7 Å². The van der Waals surface area contributed by atoms with E-state index in [9.17, 15) is 9.59 Å². The molecule has 1 aliphatic carbocycles. The topological polar surface area (TPSA) is 76.5 Å². The zero-order valence-electron chi connectivity index (χ0n) is 18.1. The highest BCUT2D eigenvalue weighted by Crippen LogP contribution is 2.26. The number of carbonyl (C=O) groups is 2. The molecule has 1 saturated carbocycles. The molecule has 1 aromatic heterocycles. The van der Waals surface area contributed by atoms with Crippen LogP contribution in [0.2, 0.25) is 0 Å². The number of hydrogen-bond donors (Lipinski definition) is 1. The monoisotopic (exact) mass is 392 g/mol. The quantitative estimate of drug-likeness (QED) is 0.718. The van der Waals surface area contributed by atoms with Gasteiger partial charge in [-0.3, -0.25) is 9.48 Å². The molecule has 0 saturated heterocycles. The van der Waals surface area contributed by atoms with E-state index in [4.69, 9.17) is 4.74 Å². The predicted octanol–water partition coefficient (Wildman–Crippen LogP) is 3.55. The van der Waals surface area contributed by atoms with Gasteiger partial charge in [0.15, 0.2) is 0 Å². The minimum Gasteiger partial charge on any atom is -0.443 e. The van der Waals surface area contributed by atoms with Crippen LogP contribution in [-0.4, -0.2) is 45.4 Å². The van der Waals surface area contributed by atoms with Crippen LogP contribution in [0.3, 0.4) is 0 Å². The number of imide groups is 1. The molecule has 0 aromatic carbocycles. The van der Waals surface area contributed by atoms with Gasteiger partial charge in [-0.05, 0) is 59.6 Å². The number of carbonyl (C=O) groups excluding carboxylic acids is 2. The first kappa shape index (κ1) is 22.4. The van der Waals surface area contributed by atoms with Crippen LogP contribution in [0.5, 0.6) is 0 Å². The van der Waals surface area contributed by atoms with Crippen molar-refractivity contribution in [1.82, 2.24) is 20.0 Å². The Hall–Kier alpha value is -1.89. The van der Waals surface area contributed by atoms with E-state index in [0.717, 1.165) is 37.1 Å². The summed E-state index contributed by atoms with van der Waals surface area (Å²) < 4.78 is 7.35. The highest BCUT2D eigenvalue weighted by atomic mass is 16.6. The van der Waals surface area contributed by atoms with Gasteiger partial charge in [-0.15, -0.1) is 0 Å². The molecule has 158 valence electrons. The molecule has 2 amide bonds.